The highest BCUT2D eigenvalue weighted by Crippen LogP contribution is 2.39. The highest BCUT2D eigenvalue weighted by Gasteiger charge is 2.51. The van der Waals surface area contributed by atoms with Crippen molar-refractivity contribution in [1.29, 1.82) is 0 Å². The van der Waals surface area contributed by atoms with Crippen molar-refractivity contribution in [2.75, 3.05) is 0 Å². The van der Waals surface area contributed by atoms with Gasteiger partial charge in [-0.15, -0.1) is 0 Å². The second-order valence-electron chi connectivity index (χ2n) is 10.6. The second-order valence-corrected chi connectivity index (χ2v) is 14.2. The fourth-order valence-corrected chi connectivity index (χ4v) is 11.3. The molecule has 0 amide bonds. The molecule has 5 aromatic rings. The van der Waals surface area contributed by atoms with Crippen LogP contribution in [0.4, 0.5) is 0 Å². The number of H-pyrrole nitrogens is 1. The standard InChI is InChI=1S/C31H28N4Si/c1-31(2)19-10-13-23-29(34-35-30(23)31)24-14-9-18-28(33-24)36(27-17-7-8-20-32-27)25-15-5-3-11-21(25)22-12-4-6-16-26(22)36/h3-9,11-12,14-18,20H,10,13,19H2,1-2H3,(H,34,35). The topological polar surface area (TPSA) is 54.5 Å². The molecule has 0 bridgehead atoms. The van der Waals surface area contributed by atoms with Crippen molar-refractivity contribution in [2.24, 2.45) is 0 Å². The molecule has 2 aromatic carbocycles. The van der Waals surface area contributed by atoms with Gasteiger partial charge in [-0.05, 0) is 65.0 Å². The van der Waals surface area contributed by atoms with Crippen molar-refractivity contribution in [3.63, 3.8) is 0 Å². The minimum absolute atomic E-state index is 0.115. The molecule has 0 saturated heterocycles. The zero-order valence-electron chi connectivity index (χ0n) is 20.6. The highest BCUT2D eigenvalue weighted by molar-refractivity contribution is 7.21. The number of benzene rings is 2. The van der Waals surface area contributed by atoms with Gasteiger partial charge in [-0.3, -0.25) is 15.1 Å². The molecule has 1 aliphatic carbocycles. The number of hydrogen-bond acceptors (Lipinski definition) is 3. The molecular weight excluding hydrogens is 456 g/mol. The van der Waals surface area contributed by atoms with Gasteiger partial charge in [0.2, 0.25) is 8.07 Å². The van der Waals surface area contributed by atoms with Crippen molar-refractivity contribution in [3.05, 3.63) is 102 Å². The van der Waals surface area contributed by atoms with E-state index in [4.69, 9.17) is 15.1 Å². The Morgan fingerprint density at radius 2 is 1.47 bits per heavy atom. The number of hydrogen-bond donors (Lipinski definition) is 1. The van der Waals surface area contributed by atoms with E-state index in [2.05, 4.69) is 97.8 Å². The molecule has 3 aromatic heterocycles. The lowest BCUT2D eigenvalue weighted by molar-refractivity contribution is 0.420. The van der Waals surface area contributed by atoms with Gasteiger partial charge in [-0.1, -0.05) is 74.5 Å². The second kappa shape index (κ2) is 7.84. The lowest BCUT2D eigenvalue weighted by atomic mass is 9.76. The zero-order chi connectivity index (χ0) is 24.3. The number of pyridine rings is 2. The van der Waals surface area contributed by atoms with Crippen LogP contribution in [-0.2, 0) is 11.8 Å². The molecule has 4 nitrogen and oxygen atoms in total. The first-order valence-corrected chi connectivity index (χ1v) is 14.8. The van der Waals surface area contributed by atoms with Crippen LogP contribution in [0.3, 0.4) is 0 Å². The highest BCUT2D eigenvalue weighted by atomic mass is 28.3. The Kier molecular flexibility index (Phi) is 4.67. The van der Waals surface area contributed by atoms with Gasteiger partial charge >= 0.3 is 0 Å². The predicted octanol–water partition coefficient (Wildman–Crippen LogP) is 3.84. The van der Waals surface area contributed by atoms with Gasteiger partial charge in [0.15, 0.2) is 0 Å². The number of nitrogens with zero attached hydrogens (tertiary/aromatic N) is 3. The monoisotopic (exact) mass is 484 g/mol. The summed E-state index contributed by atoms with van der Waals surface area (Å²) >= 11 is 0. The summed E-state index contributed by atoms with van der Waals surface area (Å²) in [4.78, 5) is 10.4. The Labute approximate surface area is 212 Å². The van der Waals surface area contributed by atoms with Gasteiger partial charge in [-0.2, -0.15) is 5.10 Å². The van der Waals surface area contributed by atoms with Crippen LogP contribution in [0.1, 0.15) is 37.9 Å². The van der Waals surface area contributed by atoms with Crippen LogP contribution >= 0.6 is 0 Å². The van der Waals surface area contributed by atoms with Gasteiger partial charge in [0.1, 0.15) is 5.69 Å². The molecule has 1 N–H and O–H groups in total. The fourth-order valence-electron chi connectivity index (χ4n) is 6.49. The molecule has 0 spiro atoms. The van der Waals surface area contributed by atoms with Crippen LogP contribution < -0.4 is 21.0 Å². The normalized spacial score (nSPS) is 16.7. The number of aromatic amines is 1. The molecular formula is C31H28N4Si. The van der Waals surface area contributed by atoms with Gasteiger partial charge in [0.25, 0.3) is 0 Å². The maximum atomic E-state index is 5.44. The first kappa shape index (κ1) is 21.4. The molecule has 0 atom stereocenters. The molecule has 7 rings (SSSR count). The van der Waals surface area contributed by atoms with E-state index in [1.807, 2.05) is 12.3 Å². The largest absolute Gasteiger partial charge is 0.281 e. The number of rotatable bonds is 3. The lowest BCUT2D eigenvalue weighted by Gasteiger charge is -2.30. The minimum Gasteiger partial charge on any atom is -0.281 e. The SMILES string of the molecule is CC1(C)CCCc2c(-c3cccc([Si]4(c5ccccn5)c5ccccc5-c5ccccc54)n3)n[nH]c21. The van der Waals surface area contributed by atoms with E-state index >= 15 is 0 Å². The maximum Gasteiger partial charge on any atom is 0.224 e. The molecule has 176 valence electrons. The average molecular weight is 485 g/mol. The van der Waals surface area contributed by atoms with E-state index in [0.29, 0.717) is 0 Å². The van der Waals surface area contributed by atoms with Crippen molar-refractivity contribution in [3.8, 4) is 22.5 Å². The Morgan fingerprint density at radius 3 is 2.19 bits per heavy atom. The van der Waals surface area contributed by atoms with Crippen molar-refractivity contribution < 1.29 is 0 Å². The number of fused-ring (bicyclic) bond motifs is 4. The zero-order valence-corrected chi connectivity index (χ0v) is 21.6. The molecule has 36 heavy (non-hydrogen) atoms. The predicted molar refractivity (Wildman–Crippen MR) is 148 cm³/mol. The first-order valence-electron chi connectivity index (χ1n) is 12.8. The molecule has 0 saturated carbocycles. The third-order valence-corrected chi connectivity index (χ3v) is 12.7. The Balaban J connectivity index is 1.51. The van der Waals surface area contributed by atoms with Crippen LogP contribution in [0.5, 0.6) is 0 Å². The van der Waals surface area contributed by atoms with E-state index in [-0.39, 0.29) is 5.41 Å². The van der Waals surface area contributed by atoms with Gasteiger partial charge in [-0.25, -0.2) is 0 Å². The Hall–Kier alpha value is -3.83. The molecule has 0 radical (unpaired) electrons. The van der Waals surface area contributed by atoms with Gasteiger partial charge < -0.3 is 0 Å². The molecule has 0 unspecified atom stereocenters. The molecule has 0 fully saturated rings. The summed E-state index contributed by atoms with van der Waals surface area (Å²) in [6.45, 7) is 4.62. The molecule has 4 heterocycles. The van der Waals surface area contributed by atoms with Crippen LogP contribution in [0.2, 0.25) is 0 Å². The summed E-state index contributed by atoms with van der Waals surface area (Å²) in [5.74, 6) is 0. The fraction of sp³-hybridized carbons (Fsp3) is 0.194. The lowest BCUT2D eigenvalue weighted by Crippen LogP contribution is -2.74. The van der Waals surface area contributed by atoms with Crippen molar-refractivity contribution in [1.82, 2.24) is 20.2 Å². The minimum atomic E-state index is -2.69. The van der Waals surface area contributed by atoms with Crippen molar-refractivity contribution >= 4 is 29.1 Å². The van der Waals surface area contributed by atoms with Crippen LogP contribution in [0.15, 0.2) is 91.1 Å². The van der Waals surface area contributed by atoms with E-state index in [0.717, 1.165) is 28.4 Å². The quantitative estimate of drug-likeness (QED) is 0.389. The Morgan fingerprint density at radius 1 is 0.778 bits per heavy atom. The van der Waals surface area contributed by atoms with E-state index in [1.54, 1.807) is 0 Å². The summed E-state index contributed by atoms with van der Waals surface area (Å²) in [5.41, 5.74) is 7.27. The van der Waals surface area contributed by atoms with Crippen LogP contribution in [-0.4, -0.2) is 28.2 Å². The number of nitrogens with one attached hydrogen (secondary N) is 1. The van der Waals surface area contributed by atoms with Crippen LogP contribution in [0.25, 0.3) is 22.5 Å². The molecule has 2 aliphatic rings. The van der Waals surface area contributed by atoms with Crippen LogP contribution in [0, 0.1) is 0 Å². The molecule has 5 heteroatoms. The summed E-state index contributed by atoms with van der Waals surface area (Å²) in [7, 11) is -2.69. The van der Waals surface area contributed by atoms with E-state index in [1.165, 1.54) is 45.6 Å². The Bertz CT molecular complexity index is 1560. The summed E-state index contributed by atoms with van der Waals surface area (Å²) in [6, 6.07) is 30.5. The average Bonchev–Trinajstić information content (AvgIpc) is 3.49. The summed E-state index contributed by atoms with van der Waals surface area (Å²) in [5, 5.41) is 13.2. The smallest absolute Gasteiger partial charge is 0.224 e. The summed E-state index contributed by atoms with van der Waals surface area (Å²) < 4.78 is 0. The van der Waals surface area contributed by atoms with E-state index < -0.39 is 8.07 Å². The van der Waals surface area contributed by atoms with Crippen molar-refractivity contribution in [2.45, 2.75) is 38.5 Å². The third-order valence-electron chi connectivity index (χ3n) is 8.15. The van der Waals surface area contributed by atoms with Gasteiger partial charge in [0.05, 0.1) is 5.69 Å². The maximum absolute atomic E-state index is 5.44. The third kappa shape index (κ3) is 2.89. The van der Waals surface area contributed by atoms with E-state index in [9.17, 15) is 0 Å². The number of aromatic nitrogens is 4. The molecule has 1 aliphatic heterocycles. The first-order chi connectivity index (χ1) is 17.6. The van der Waals surface area contributed by atoms with Gasteiger partial charge in [0, 0.05) is 33.5 Å². The summed E-state index contributed by atoms with van der Waals surface area (Å²) in [6.07, 6.45) is 5.33.